The van der Waals surface area contributed by atoms with Crippen LogP contribution >= 0.6 is 11.8 Å². The summed E-state index contributed by atoms with van der Waals surface area (Å²) in [6.45, 7) is 1.02. The lowest BCUT2D eigenvalue weighted by molar-refractivity contribution is -0.134. The van der Waals surface area contributed by atoms with Gasteiger partial charge in [-0.25, -0.2) is 9.59 Å². The average molecular weight is 312 g/mol. The molecule has 0 atom stereocenters. The number of nitrogens with one attached hydrogen (secondary N) is 1. The Labute approximate surface area is 127 Å². The summed E-state index contributed by atoms with van der Waals surface area (Å²) in [4.78, 5) is 23.6. The van der Waals surface area contributed by atoms with Gasteiger partial charge in [-0.3, -0.25) is 4.99 Å². The SMILES string of the molecule is C1CSC(NC(C2CC2)C2CC2)=N1.O=C(O)/C=C/C(=O)O. The molecule has 0 amide bonds. The number of carbonyl (C=O) groups is 2. The number of nitrogens with zero attached hydrogens (tertiary/aromatic N) is 1. The molecular weight excluding hydrogens is 292 g/mol. The maximum Gasteiger partial charge on any atom is 0.328 e. The summed E-state index contributed by atoms with van der Waals surface area (Å²) in [5.41, 5.74) is 0. The van der Waals surface area contributed by atoms with Crippen LogP contribution in [0.4, 0.5) is 0 Å². The first kappa shape index (κ1) is 15.9. The van der Waals surface area contributed by atoms with Gasteiger partial charge in [-0.15, -0.1) is 0 Å². The number of amidine groups is 1. The topological polar surface area (TPSA) is 99.0 Å². The Morgan fingerprint density at radius 3 is 2.00 bits per heavy atom. The highest BCUT2D eigenvalue weighted by molar-refractivity contribution is 8.14. The summed E-state index contributed by atoms with van der Waals surface area (Å²) in [5.74, 6) is 0.636. The van der Waals surface area contributed by atoms with Crippen molar-refractivity contribution in [2.24, 2.45) is 16.8 Å². The van der Waals surface area contributed by atoms with E-state index in [9.17, 15) is 9.59 Å². The molecule has 2 fully saturated rings. The third-order valence-electron chi connectivity index (χ3n) is 3.50. The highest BCUT2D eigenvalue weighted by Crippen LogP contribution is 2.44. The number of carboxylic acid groups (broad SMARTS) is 2. The van der Waals surface area contributed by atoms with Gasteiger partial charge in [0.05, 0.1) is 6.54 Å². The van der Waals surface area contributed by atoms with Crippen molar-refractivity contribution in [3.05, 3.63) is 12.2 Å². The van der Waals surface area contributed by atoms with Crippen LogP contribution < -0.4 is 5.32 Å². The molecule has 0 aromatic rings. The first-order valence-electron chi connectivity index (χ1n) is 7.14. The van der Waals surface area contributed by atoms with Gasteiger partial charge in [0, 0.05) is 23.9 Å². The van der Waals surface area contributed by atoms with Crippen LogP contribution in [0.1, 0.15) is 25.7 Å². The van der Waals surface area contributed by atoms with Gasteiger partial charge in [0.15, 0.2) is 5.17 Å². The summed E-state index contributed by atoms with van der Waals surface area (Å²) < 4.78 is 0. The minimum Gasteiger partial charge on any atom is -0.478 e. The van der Waals surface area contributed by atoms with Crippen LogP contribution in [-0.4, -0.2) is 45.7 Å². The lowest BCUT2D eigenvalue weighted by Gasteiger charge is -2.17. The van der Waals surface area contributed by atoms with Gasteiger partial charge in [0.25, 0.3) is 0 Å². The molecule has 1 aliphatic heterocycles. The number of hydrogen-bond donors (Lipinski definition) is 3. The maximum absolute atomic E-state index is 9.55. The molecule has 3 rings (SSSR count). The van der Waals surface area contributed by atoms with E-state index in [2.05, 4.69) is 10.3 Å². The van der Waals surface area contributed by atoms with Gasteiger partial charge in [-0.1, -0.05) is 11.8 Å². The van der Waals surface area contributed by atoms with Gasteiger partial charge >= 0.3 is 11.9 Å². The van der Waals surface area contributed by atoms with Gasteiger partial charge < -0.3 is 15.5 Å². The molecular formula is C14H20N2O4S. The van der Waals surface area contributed by atoms with Crippen molar-refractivity contribution >= 4 is 28.9 Å². The van der Waals surface area contributed by atoms with Crippen LogP contribution in [0, 0.1) is 11.8 Å². The predicted octanol–water partition coefficient (Wildman–Crippen LogP) is 1.58. The smallest absolute Gasteiger partial charge is 0.328 e. The zero-order valence-electron chi connectivity index (χ0n) is 11.7. The molecule has 0 bridgehead atoms. The van der Waals surface area contributed by atoms with Crippen molar-refractivity contribution in [2.45, 2.75) is 31.7 Å². The van der Waals surface area contributed by atoms with Gasteiger partial charge in [-0.05, 0) is 37.5 Å². The molecule has 116 valence electrons. The van der Waals surface area contributed by atoms with E-state index in [-0.39, 0.29) is 0 Å². The van der Waals surface area contributed by atoms with Crippen LogP contribution in [0.3, 0.4) is 0 Å². The second kappa shape index (κ2) is 7.49. The molecule has 0 radical (unpaired) electrons. The average Bonchev–Trinajstić information content (AvgIpc) is 3.36. The van der Waals surface area contributed by atoms with E-state index in [1.165, 1.54) is 36.6 Å². The monoisotopic (exact) mass is 312 g/mol. The first-order valence-corrected chi connectivity index (χ1v) is 8.12. The number of rotatable bonds is 5. The minimum atomic E-state index is -1.26. The van der Waals surface area contributed by atoms with E-state index < -0.39 is 11.9 Å². The largest absolute Gasteiger partial charge is 0.478 e. The molecule has 6 nitrogen and oxygen atoms in total. The summed E-state index contributed by atoms with van der Waals surface area (Å²) in [6.07, 6.45) is 6.92. The molecule has 1 heterocycles. The predicted molar refractivity (Wildman–Crippen MR) is 81.5 cm³/mol. The summed E-state index contributed by atoms with van der Waals surface area (Å²) in [7, 11) is 0. The van der Waals surface area contributed by atoms with Crippen LogP contribution in [0.2, 0.25) is 0 Å². The Hall–Kier alpha value is -1.50. The van der Waals surface area contributed by atoms with Crippen molar-refractivity contribution in [2.75, 3.05) is 12.3 Å². The second-order valence-electron chi connectivity index (χ2n) is 5.39. The molecule has 21 heavy (non-hydrogen) atoms. The van der Waals surface area contributed by atoms with Gasteiger partial charge in [-0.2, -0.15) is 0 Å². The molecule has 0 aromatic heterocycles. The molecule has 2 aliphatic carbocycles. The summed E-state index contributed by atoms with van der Waals surface area (Å²) in [5, 5.41) is 20.5. The molecule has 7 heteroatoms. The molecule has 0 saturated heterocycles. The lowest BCUT2D eigenvalue weighted by atomic mass is 10.1. The van der Waals surface area contributed by atoms with E-state index >= 15 is 0 Å². The lowest BCUT2D eigenvalue weighted by Crippen LogP contribution is -2.35. The molecule has 3 N–H and O–H groups in total. The zero-order chi connectivity index (χ0) is 15.2. The van der Waals surface area contributed by atoms with Crippen LogP contribution in [0.25, 0.3) is 0 Å². The molecule has 0 unspecified atom stereocenters. The fraction of sp³-hybridized carbons (Fsp3) is 0.643. The van der Waals surface area contributed by atoms with Gasteiger partial charge in [0.1, 0.15) is 0 Å². The van der Waals surface area contributed by atoms with Crippen LogP contribution in [0.15, 0.2) is 17.1 Å². The van der Waals surface area contributed by atoms with E-state index in [0.29, 0.717) is 12.2 Å². The number of aliphatic carboxylic acids is 2. The Morgan fingerprint density at radius 2 is 1.67 bits per heavy atom. The zero-order valence-corrected chi connectivity index (χ0v) is 12.5. The Kier molecular flexibility index (Phi) is 5.67. The number of hydrogen-bond acceptors (Lipinski definition) is 5. The fourth-order valence-corrected chi connectivity index (χ4v) is 3.02. The van der Waals surface area contributed by atoms with Crippen LogP contribution in [0.5, 0.6) is 0 Å². The van der Waals surface area contributed by atoms with E-state index in [0.717, 1.165) is 24.4 Å². The Balaban J connectivity index is 0.000000177. The first-order chi connectivity index (χ1) is 10.1. The highest BCUT2D eigenvalue weighted by atomic mass is 32.2. The molecule has 0 aromatic carbocycles. The number of carboxylic acids is 2. The Bertz CT molecular complexity index is 428. The highest BCUT2D eigenvalue weighted by Gasteiger charge is 2.41. The Morgan fingerprint density at radius 1 is 1.14 bits per heavy atom. The quantitative estimate of drug-likeness (QED) is 0.667. The third kappa shape index (κ3) is 6.20. The van der Waals surface area contributed by atoms with Crippen molar-refractivity contribution in [1.82, 2.24) is 5.32 Å². The normalized spacial score (nSPS) is 20.9. The van der Waals surface area contributed by atoms with Crippen LogP contribution in [-0.2, 0) is 9.59 Å². The molecule has 0 spiro atoms. The van der Waals surface area contributed by atoms with E-state index in [1.807, 2.05) is 11.8 Å². The van der Waals surface area contributed by atoms with Crippen molar-refractivity contribution in [1.29, 1.82) is 0 Å². The third-order valence-corrected chi connectivity index (χ3v) is 4.41. The molecule has 3 aliphatic rings. The van der Waals surface area contributed by atoms with Crippen molar-refractivity contribution in [3.63, 3.8) is 0 Å². The van der Waals surface area contributed by atoms with E-state index in [4.69, 9.17) is 10.2 Å². The number of thioether (sulfide) groups is 1. The number of aliphatic imine (C=N–C) groups is 1. The summed E-state index contributed by atoms with van der Waals surface area (Å²) in [6, 6.07) is 0.782. The van der Waals surface area contributed by atoms with Crippen molar-refractivity contribution < 1.29 is 19.8 Å². The van der Waals surface area contributed by atoms with E-state index in [1.54, 1.807) is 0 Å². The second-order valence-corrected chi connectivity index (χ2v) is 6.47. The van der Waals surface area contributed by atoms with Crippen molar-refractivity contribution in [3.8, 4) is 0 Å². The minimum absolute atomic E-state index is 0.558. The summed E-state index contributed by atoms with van der Waals surface area (Å²) >= 11 is 1.90. The standard InChI is InChI=1S/C10H16N2S.C4H4O4/c1-2-7(1)9(8-3-4-8)12-10-11-5-6-13-10;5-3(6)1-2-4(7)8/h7-9H,1-6H2,(H,11,12);1-2H,(H,5,6)(H,7,8)/b;2-1+. The molecule has 2 saturated carbocycles. The maximum atomic E-state index is 9.55. The fourth-order valence-electron chi connectivity index (χ4n) is 2.24. The van der Waals surface area contributed by atoms with Gasteiger partial charge in [0.2, 0.25) is 0 Å².